The molecule has 0 saturated carbocycles. The van der Waals surface area contributed by atoms with Crippen LogP contribution in [0.15, 0.2) is 12.1 Å². The minimum Gasteiger partial charge on any atom is -0.507 e. The minimum absolute atomic E-state index is 0. The van der Waals surface area contributed by atoms with Crippen LogP contribution in [0.3, 0.4) is 0 Å². The Bertz CT molecular complexity index is 558. The number of phenols is 1. The van der Waals surface area contributed by atoms with Crippen molar-refractivity contribution in [3.05, 3.63) is 28.8 Å². The third kappa shape index (κ3) is 2.70. The molecule has 1 aromatic rings. The Balaban J connectivity index is 0.00000144. The molecule has 2 N–H and O–H groups in total. The first-order valence-electron chi connectivity index (χ1n) is 5.09. The first-order valence-corrected chi connectivity index (χ1v) is 6.16. The van der Waals surface area contributed by atoms with Crippen LogP contribution in [0.2, 0.25) is 0 Å². The third-order valence-electron chi connectivity index (χ3n) is 2.82. The third-order valence-corrected chi connectivity index (χ3v) is 3.59. The molecular formula is C11H14BrNO3S. The Morgan fingerprint density at radius 1 is 1.35 bits per heavy atom. The van der Waals surface area contributed by atoms with Crippen LogP contribution in [0.1, 0.15) is 16.7 Å². The van der Waals surface area contributed by atoms with Crippen LogP contribution in [0.25, 0.3) is 0 Å². The van der Waals surface area contributed by atoms with E-state index in [1.807, 2.05) is 6.92 Å². The fourth-order valence-corrected chi connectivity index (χ4v) is 2.52. The molecule has 94 valence electrons. The number of benzene rings is 1. The summed E-state index contributed by atoms with van der Waals surface area (Å²) in [4.78, 5) is 0.322. The van der Waals surface area contributed by atoms with E-state index in [4.69, 9.17) is 0 Å². The molecule has 1 aromatic carbocycles. The summed E-state index contributed by atoms with van der Waals surface area (Å²) >= 11 is 0. The summed E-state index contributed by atoms with van der Waals surface area (Å²) in [5.74, 6) is 0.212. The van der Waals surface area contributed by atoms with Crippen molar-refractivity contribution in [1.82, 2.24) is 5.32 Å². The highest BCUT2D eigenvalue weighted by atomic mass is 79.9. The topological polar surface area (TPSA) is 66.4 Å². The highest BCUT2D eigenvalue weighted by molar-refractivity contribution is 8.93. The Kier molecular flexibility index (Phi) is 4.73. The van der Waals surface area contributed by atoms with Gasteiger partial charge in [-0.05, 0) is 25.5 Å². The first kappa shape index (κ1) is 14.2. The molecule has 1 aliphatic heterocycles. The van der Waals surface area contributed by atoms with Gasteiger partial charge in [-0.15, -0.1) is 17.0 Å². The predicted molar refractivity (Wildman–Crippen MR) is 72.8 cm³/mol. The number of nitrogens with one attached hydrogen (secondary N) is 1. The molecule has 0 bridgehead atoms. The van der Waals surface area contributed by atoms with E-state index in [2.05, 4.69) is 5.32 Å². The number of phenolic OH excluding ortho intramolecular Hbond substituents is 1. The van der Waals surface area contributed by atoms with Crippen LogP contribution in [0, 0.1) is 6.92 Å². The first-order chi connectivity index (χ1) is 7.61. The van der Waals surface area contributed by atoms with Crippen molar-refractivity contribution in [3.8, 4) is 5.75 Å². The molecule has 0 fully saturated rings. The fourth-order valence-electron chi connectivity index (χ4n) is 1.93. The van der Waals surface area contributed by atoms with Gasteiger partial charge in [0.2, 0.25) is 10.3 Å². The maximum atomic E-state index is 11.1. The van der Waals surface area contributed by atoms with Crippen molar-refractivity contribution in [3.63, 3.8) is 0 Å². The van der Waals surface area contributed by atoms with Gasteiger partial charge in [0.05, 0.1) is 4.86 Å². The zero-order chi connectivity index (χ0) is 11.7. The lowest BCUT2D eigenvalue weighted by molar-refractivity contribution is 0.463. The number of aryl methyl sites for hydroxylation is 1. The van der Waals surface area contributed by atoms with E-state index in [9.17, 15) is 13.5 Å². The van der Waals surface area contributed by atoms with Crippen LogP contribution in [0.5, 0.6) is 5.75 Å². The lowest BCUT2D eigenvalue weighted by Crippen LogP contribution is -2.22. The van der Waals surface area contributed by atoms with Gasteiger partial charge >= 0.3 is 0 Å². The molecule has 1 heterocycles. The van der Waals surface area contributed by atoms with Gasteiger partial charge in [-0.3, -0.25) is 0 Å². The van der Waals surface area contributed by atoms with E-state index in [0.717, 1.165) is 11.1 Å². The number of aromatic hydroxyl groups is 1. The van der Waals surface area contributed by atoms with Gasteiger partial charge in [0.15, 0.2) is 0 Å². The lowest BCUT2D eigenvalue weighted by Gasteiger charge is -2.09. The van der Waals surface area contributed by atoms with Crippen molar-refractivity contribution < 1.29 is 13.5 Å². The van der Waals surface area contributed by atoms with E-state index in [1.165, 1.54) is 0 Å². The zero-order valence-electron chi connectivity index (χ0n) is 9.36. The summed E-state index contributed by atoms with van der Waals surface area (Å²) in [6.07, 6.45) is 0.642. The Hall–Kier alpha value is -0.850. The molecule has 0 aromatic heterocycles. The summed E-state index contributed by atoms with van der Waals surface area (Å²) in [6, 6.07) is 3.51. The maximum absolute atomic E-state index is 11.1. The molecule has 0 spiro atoms. The molecule has 0 atom stereocenters. The van der Waals surface area contributed by atoms with Crippen molar-refractivity contribution in [2.24, 2.45) is 0 Å². The number of halogens is 1. The van der Waals surface area contributed by atoms with E-state index in [-0.39, 0.29) is 22.7 Å². The van der Waals surface area contributed by atoms with Crippen LogP contribution in [-0.4, -0.2) is 31.5 Å². The average Bonchev–Trinajstić information content (AvgIpc) is 2.46. The molecule has 2 rings (SSSR count). The lowest BCUT2D eigenvalue weighted by atomic mass is 9.99. The smallest absolute Gasteiger partial charge is 0.219 e. The van der Waals surface area contributed by atoms with E-state index >= 15 is 0 Å². The highest BCUT2D eigenvalue weighted by Crippen LogP contribution is 2.27. The van der Waals surface area contributed by atoms with Gasteiger partial charge in [-0.2, -0.15) is 8.42 Å². The highest BCUT2D eigenvalue weighted by Gasteiger charge is 2.18. The molecule has 0 unspecified atom stereocenters. The molecule has 0 saturated heterocycles. The van der Waals surface area contributed by atoms with Crippen molar-refractivity contribution in [2.75, 3.05) is 13.1 Å². The summed E-state index contributed by atoms with van der Waals surface area (Å²) in [7, 11) is -2.25. The van der Waals surface area contributed by atoms with E-state index in [0.29, 0.717) is 29.9 Å². The summed E-state index contributed by atoms with van der Waals surface area (Å²) in [6.45, 7) is 2.80. The van der Waals surface area contributed by atoms with Crippen LogP contribution in [0.4, 0.5) is 0 Å². The van der Waals surface area contributed by atoms with Crippen LogP contribution < -0.4 is 5.32 Å². The number of fused-ring (bicyclic) bond motifs is 1. The Morgan fingerprint density at radius 2 is 2.06 bits per heavy atom. The molecule has 0 aliphatic carbocycles. The summed E-state index contributed by atoms with van der Waals surface area (Å²) in [5.41, 5.74) is 2.14. The average molecular weight is 320 g/mol. The Morgan fingerprint density at radius 3 is 2.71 bits per heavy atom. The second-order valence-electron chi connectivity index (χ2n) is 3.84. The largest absolute Gasteiger partial charge is 0.507 e. The molecule has 17 heavy (non-hydrogen) atoms. The Labute approximate surface area is 112 Å². The van der Waals surface area contributed by atoms with Gasteiger partial charge in [0, 0.05) is 17.7 Å². The normalized spacial score (nSPS) is 14.5. The SMILES string of the molecule is Br.Cc1ccc2c(c1O)CCNCC2=S(=O)=O. The van der Waals surface area contributed by atoms with Gasteiger partial charge in [0.25, 0.3) is 0 Å². The second-order valence-corrected chi connectivity index (χ2v) is 4.80. The molecular weight excluding hydrogens is 306 g/mol. The minimum atomic E-state index is -2.25. The molecule has 0 amide bonds. The van der Waals surface area contributed by atoms with E-state index < -0.39 is 10.3 Å². The fraction of sp³-hybridized carbons (Fsp3) is 0.364. The molecule has 6 heteroatoms. The van der Waals surface area contributed by atoms with Crippen LogP contribution >= 0.6 is 17.0 Å². The van der Waals surface area contributed by atoms with Gasteiger partial charge in [0.1, 0.15) is 5.75 Å². The van der Waals surface area contributed by atoms with Crippen molar-refractivity contribution >= 4 is 32.1 Å². The number of hydrogen-bond acceptors (Lipinski definition) is 4. The van der Waals surface area contributed by atoms with Crippen molar-refractivity contribution in [1.29, 1.82) is 0 Å². The van der Waals surface area contributed by atoms with Crippen LogP contribution in [-0.2, 0) is 16.7 Å². The summed E-state index contributed by atoms with van der Waals surface area (Å²) in [5, 5.41) is 13.0. The van der Waals surface area contributed by atoms with Gasteiger partial charge in [-0.1, -0.05) is 12.1 Å². The monoisotopic (exact) mass is 319 g/mol. The molecule has 1 aliphatic rings. The van der Waals surface area contributed by atoms with Gasteiger partial charge < -0.3 is 10.4 Å². The maximum Gasteiger partial charge on any atom is 0.219 e. The number of hydrogen-bond donors (Lipinski definition) is 2. The standard InChI is InChI=1S/C11H13NO3S.BrH/c1-7-2-3-8-9(11(7)13)4-5-12-6-10(8)16(14)15;/h2-3,12-13H,4-6H2,1H3;1H. The second kappa shape index (κ2) is 5.66. The number of rotatable bonds is 0. The zero-order valence-corrected chi connectivity index (χ0v) is 11.9. The molecule has 0 radical (unpaired) electrons. The van der Waals surface area contributed by atoms with Crippen molar-refractivity contribution in [2.45, 2.75) is 13.3 Å². The van der Waals surface area contributed by atoms with Gasteiger partial charge in [-0.25, -0.2) is 0 Å². The predicted octanol–water partition coefficient (Wildman–Crippen LogP) is 0.824. The molecule has 4 nitrogen and oxygen atoms in total. The summed E-state index contributed by atoms with van der Waals surface area (Å²) < 4.78 is 22.2. The quantitative estimate of drug-likeness (QED) is 0.695. The van der Waals surface area contributed by atoms with E-state index in [1.54, 1.807) is 12.1 Å².